The summed E-state index contributed by atoms with van der Waals surface area (Å²) in [7, 11) is 2.09. The highest BCUT2D eigenvalue weighted by Crippen LogP contribution is 2.33. The molecule has 0 unspecified atom stereocenters. The summed E-state index contributed by atoms with van der Waals surface area (Å²) in [6, 6.07) is 2.07. The molecule has 1 saturated carbocycles. The normalized spacial score (nSPS) is 23.1. The minimum absolute atomic E-state index is 0.379. The van der Waals surface area contributed by atoms with E-state index in [4.69, 9.17) is 11.6 Å². The van der Waals surface area contributed by atoms with E-state index >= 15 is 0 Å². The van der Waals surface area contributed by atoms with E-state index in [2.05, 4.69) is 28.1 Å². The van der Waals surface area contributed by atoms with Gasteiger partial charge in [-0.25, -0.2) is 9.50 Å². The van der Waals surface area contributed by atoms with E-state index < -0.39 is 0 Å². The molecule has 18 heavy (non-hydrogen) atoms. The topological polar surface area (TPSA) is 33.4 Å². The quantitative estimate of drug-likeness (QED) is 0.799. The number of aryl methyl sites for hydroxylation is 1. The number of alkyl halides is 1. The van der Waals surface area contributed by atoms with Gasteiger partial charge in [-0.1, -0.05) is 0 Å². The van der Waals surface area contributed by atoms with Crippen molar-refractivity contribution in [2.45, 2.75) is 25.1 Å². The zero-order valence-electron chi connectivity index (χ0n) is 10.7. The van der Waals surface area contributed by atoms with Crippen molar-refractivity contribution in [2.75, 3.05) is 18.5 Å². The molecule has 0 radical (unpaired) electrons. The Morgan fingerprint density at radius 3 is 3.00 bits per heavy atom. The number of fused-ring (bicyclic) bond motifs is 1. The molecule has 0 amide bonds. The minimum Gasteiger partial charge on any atom is -0.358 e. The number of nitrogens with zero attached hydrogens (tertiary/aromatic N) is 4. The summed E-state index contributed by atoms with van der Waals surface area (Å²) in [5.41, 5.74) is 2.08. The van der Waals surface area contributed by atoms with Crippen LogP contribution in [0, 0.1) is 12.8 Å². The van der Waals surface area contributed by atoms with Gasteiger partial charge >= 0.3 is 0 Å². The third-order valence-electron chi connectivity index (χ3n) is 3.56. The molecule has 0 aliphatic heterocycles. The second-order valence-corrected chi connectivity index (χ2v) is 5.80. The van der Waals surface area contributed by atoms with Gasteiger partial charge in [0.05, 0.1) is 5.69 Å². The highest BCUT2D eigenvalue weighted by atomic mass is 35.5. The Kier molecular flexibility index (Phi) is 2.90. The molecule has 0 atom stereocenters. The van der Waals surface area contributed by atoms with Crippen LogP contribution in [0.4, 0.5) is 5.82 Å². The van der Waals surface area contributed by atoms with Crippen LogP contribution in [-0.2, 0) is 0 Å². The highest BCUT2D eigenvalue weighted by molar-refractivity contribution is 6.21. The fourth-order valence-corrected chi connectivity index (χ4v) is 3.11. The second-order valence-electron chi connectivity index (χ2n) is 5.18. The van der Waals surface area contributed by atoms with Gasteiger partial charge < -0.3 is 4.90 Å². The Morgan fingerprint density at radius 1 is 1.50 bits per heavy atom. The van der Waals surface area contributed by atoms with Gasteiger partial charge in [0, 0.05) is 31.4 Å². The molecule has 2 heterocycles. The zero-order valence-corrected chi connectivity index (χ0v) is 11.4. The zero-order chi connectivity index (χ0) is 12.7. The van der Waals surface area contributed by atoms with Gasteiger partial charge in [0.1, 0.15) is 5.52 Å². The number of hydrogen-bond acceptors (Lipinski definition) is 3. The molecule has 0 N–H and O–H groups in total. The standard InChI is InChI=1S/C13H17ClN4/c1-9-5-12-13(15-3-4-18(12)16-9)17(2)8-10-6-11(14)7-10/h3-5,10-11H,6-8H2,1-2H3. The first-order chi connectivity index (χ1) is 8.63. The maximum absolute atomic E-state index is 6.02. The number of aromatic nitrogens is 3. The average molecular weight is 265 g/mol. The summed E-state index contributed by atoms with van der Waals surface area (Å²) in [6.45, 7) is 3.01. The van der Waals surface area contributed by atoms with Crippen molar-refractivity contribution >= 4 is 22.9 Å². The van der Waals surface area contributed by atoms with Gasteiger partial charge in [0.2, 0.25) is 0 Å². The third-order valence-corrected chi connectivity index (χ3v) is 3.92. The van der Waals surface area contributed by atoms with Crippen molar-refractivity contribution in [1.29, 1.82) is 0 Å². The summed E-state index contributed by atoms with van der Waals surface area (Å²) < 4.78 is 1.89. The van der Waals surface area contributed by atoms with Crippen LogP contribution in [-0.4, -0.2) is 33.6 Å². The predicted molar refractivity (Wildman–Crippen MR) is 73.4 cm³/mol. The lowest BCUT2D eigenvalue weighted by Gasteiger charge is -2.34. The SMILES string of the molecule is Cc1cc2c(N(C)CC3CC(Cl)C3)nccn2n1. The summed E-state index contributed by atoms with van der Waals surface area (Å²) in [4.78, 5) is 6.69. The first-order valence-electron chi connectivity index (χ1n) is 6.29. The molecule has 0 bridgehead atoms. The smallest absolute Gasteiger partial charge is 0.154 e. The molecule has 3 rings (SSSR count). The monoisotopic (exact) mass is 264 g/mol. The number of hydrogen-bond donors (Lipinski definition) is 0. The largest absolute Gasteiger partial charge is 0.358 e. The Hall–Kier alpha value is -1.29. The molecular weight excluding hydrogens is 248 g/mol. The average Bonchev–Trinajstić information content (AvgIpc) is 2.66. The molecule has 5 heteroatoms. The van der Waals surface area contributed by atoms with Crippen LogP contribution >= 0.6 is 11.6 Å². The number of rotatable bonds is 3. The van der Waals surface area contributed by atoms with Crippen molar-refractivity contribution in [3.63, 3.8) is 0 Å². The Morgan fingerprint density at radius 2 is 2.28 bits per heavy atom. The third kappa shape index (κ3) is 2.05. The van der Waals surface area contributed by atoms with Gasteiger partial charge in [-0.3, -0.25) is 0 Å². The fraction of sp³-hybridized carbons (Fsp3) is 0.538. The Balaban J connectivity index is 1.84. The van der Waals surface area contributed by atoms with Crippen molar-refractivity contribution in [1.82, 2.24) is 14.6 Å². The molecule has 2 aromatic rings. The van der Waals surface area contributed by atoms with E-state index in [0.717, 1.165) is 36.4 Å². The molecule has 0 saturated heterocycles. The van der Waals surface area contributed by atoms with E-state index in [1.165, 1.54) is 0 Å². The van der Waals surface area contributed by atoms with Crippen molar-refractivity contribution < 1.29 is 0 Å². The van der Waals surface area contributed by atoms with E-state index in [0.29, 0.717) is 11.3 Å². The number of anilines is 1. The van der Waals surface area contributed by atoms with Gasteiger partial charge in [0.15, 0.2) is 5.82 Å². The maximum Gasteiger partial charge on any atom is 0.154 e. The summed E-state index contributed by atoms with van der Waals surface area (Å²) in [5, 5.41) is 4.79. The lowest BCUT2D eigenvalue weighted by atomic mass is 9.84. The van der Waals surface area contributed by atoms with Gasteiger partial charge in [-0.15, -0.1) is 11.6 Å². The van der Waals surface area contributed by atoms with Gasteiger partial charge in [-0.2, -0.15) is 5.10 Å². The van der Waals surface area contributed by atoms with Gasteiger partial charge in [-0.05, 0) is 31.7 Å². The molecule has 1 aliphatic carbocycles. The van der Waals surface area contributed by atoms with Crippen molar-refractivity contribution in [2.24, 2.45) is 5.92 Å². The Bertz CT molecular complexity index is 559. The van der Waals surface area contributed by atoms with E-state index in [1.807, 2.05) is 17.6 Å². The lowest BCUT2D eigenvalue weighted by molar-refractivity contribution is 0.329. The fourth-order valence-electron chi connectivity index (χ4n) is 2.60. The van der Waals surface area contributed by atoms with E-state index in [1.54, 1.807) is 6.20 Å². The minimum atomic E-state index is 0.379. The highest BCUT2D eigenvalue weighted by Gasteiger charge is 2.28. The second kappa shape index (κ2) is 4.43. The molecule has 4 nitrogen and oxygen atoms in total. The molecule has 1 fully saturated rings. The van der Waals surface area contributed by atoms with Crippen LogP contribution in [0.2, 0.25) is 0 Å². The molecule has 2 aromatic heterocycles. The molecule has 0 spiro atoms. The van der Waals surface area contributed by atoms with Crippen LogP contribution in [0.25, 0.3) is 5.52 Å². The predicted octanol–water partition coefficient (Wildman–Crippen LogP) is 2.49. The summed E-state index contributed by atoms with van der Waals surface area (Å²) in [6.07, 6.45) is 5.93. The summed E-state index contributed by atoms with van der Waals surface area (Å²) in [5.74, 6) is 1.69. The van der Waals surface area contributed by atoms with Crippen LogP contribution < -0.4 is 4.90 Å². The Labute approximate surface area is 112 Å². The molecule has 96 valence electrons. The molecule has 1 aliphatic rings. The van der Waals surface area contributed by atoms with Crippen molar-refractivity contribution in [3.8, 4) is 0 Å². The van der Waals surface area contributed by atoms with Crippen LogP contribution in [0.15, 0.2) is 18.5 Å². The van der Waals surface area contributed by atoms with E-state index in [9.17, 15) is 0 Å². The maximum atomic E-state index is 6.02. The van der Waals surface area contributed by atoms with Gasteiger partial charge in [0.25, 0.3) is 0 Å². The first-order valence-corrected chi connectivity index (χ1v) is 6.73. The first kappa shape index (κ1) is 11.8. The van der Waals surface area contributed by atoms with Crippen LogP contribution in [0.5, 0.6) is 0 Å². The van der Waals surface area contributed by atoms with E-state index in [-0.39, 0.29) is 0 Å². The lowest BCUT2D eigenvalue weighted by Crippen LogP contribution is -2.35. The van der Waals surface area contributed by atoms with Crippen LogP contribution in [0.3, 0.4) is 0 Å². The van der Waals surface area contributed by atoms with Crippen molar-refractivity contribution in [3.05, 3.63) is 24.2 Å². The molecule has 0 aromatic carbocycles. The summed E-state index contributed by atoms with van der Waals surface area (Å²) >= 11 is 6.02. The van der Waals surface area contributed by atoms with Crippen LogP contribution in [0.1, 0.15) is 18.5 Å². The molecular formula is C13H17ClN4. The number of halogens is 1.